The van der Waals surface area contributed by atoms with Gasteiger partial charge in [-0.15, -0.1) is 0 Å². The third kappa shape index (κ3) is 3.98. The molecule has 1 aliphatic rings. The van der Waals surface area contributed by atoms with Gasteiger partial charge in [0.25, 0.3) is 0 Å². The van der Waals surface area contributed by atoms with Crippen LogP contribution in [-0.4, -0.2) is 22.8 Å². The Morgan fingerprint density at radius 2 is 2.07 bits per heavy atom. The summed E-state index contributed by atoms with van der Waals surface area (Å²) in [5, 5.41) is 8.34. The van der Waals surface area contributed by atoms with E-state index in [2.05, 4.69) is 54.6 Å². The van der Waals surface area contributed by atoms with Crippen LogP contribution in [-0.2, 0) is 0 Å². The maximum atomic E-state index is 6.19. The average molecular weight is 408 g/mol. The van der Waals surface area contributed by atoms with Gasteiger partial charge in [-0.25, -0.2) is 0 Å². The summed E-state index contributed by atoms with van der Waals surface area (Å²) in [6, 6.07) is 14.1. The Kier molecular flexibility index (Phi) is 5.04. The van der Waals surface area contributed by atoms with Crippen LogP contribution < -0.4 is 20.1 Å². The summed E-state index contributed by atoms with van der Waals surface area (Å²) < 4.78 is 11.6. The molecule has 2 heterocycles. The molecule has 150 valence electrons. The average Bonchev–Trinajstić information content (AvgIpc) is 2.67. The van der Waals surface area contributed by atoms with E-state index in [4.69, 9.17) is 21.7 Å². The van der Waals surface area contributed by atoms with E-state index in [1.807, 2.05) is 24.3 Å². The van der Waals surface area contributed by atoms with Crippen molar-refractivity contribution in [3.8, 4) is 11.5 Å². The Hall–Kier alpha value is -2.86. The molecular formula is C23H25N3O2S. The van der Waals surface area contributed by atoms with Gasteiger partial charge >= 0.3 is 0 Å². The van der Waals surface area contributed by atoms with Gasteiger partial charge in [-0.05, 0) is 68.9 Å². The highest BCUT2D eigenvalue weighted by Gasteiger charge is 2.34. The zero-order valence-electron chi connectivity index (χ0n) is 17.1. The standard InChI is InChI=1S/C23H25N3O2S/c1-14-7-8-15-18(13-23(2,3)28-20(15)12-14)26-22(29)25-17-9-10-19(27-4)21-16(17)6-5-11-24-21/h5-12,18H,13H2,1-4H3,(H2,25,26,29)/t18-/m0/s1. The molecule has 0 saturated heterocycles. The number of hydrogen-bond acceptors (Lipinski definition) is 4. The predicted octanol–water partition coefficient (Wildman–Crippen LogP) is 5.14. The molecule has 1 aromatic heterocycles. The number of rotatable bonds is 3. The monoisotopic (exact) mass is 407 g/mol. The zero-order valence-corrected chi connectivity index (χ0v) is 17.9. The lowest BCUT2D eigenvalue weighted by molar-refractivity contribution is 0.0696. The van der Waals surface area contributed by atoms with Crippen LogP contribution in [0.2, 0.25) is 0 Å². The van der Waals surface area contributed by atoms with E-state index >= 15 is 0 Å². The number of thiocarbonyl (C=S) groups is 1. The van der Waals surface area contributed by atoms with Crippen molar-refractivity contribution in [2.24, 2.45) is 0 Å². The van der Waals surface area contributed by atoms with E-state index in [0.29, 0.717) is 5.11 Å². The molecule has 2 aromatic carbocycles. The van der Waals surface area contributed by atoms with Gasteiger partial charge < -0.3 is 20.1 Å². The Labute approximate surface area is 176 Å². The van der Waals surface area contributed by atoms with E-state index in [1.165, 1.54) is 5.56 Å². The number of nitrogens with zero attached hydrogens (tertiary/aromatic N) is 1. The number of pyridine rings is 1. The minimum atomic E-state index is -0.273. The lowest BCUT2D eigenvalue weighted by Gasteiger charge is -2.38. The molecule has 0 amide bonds. The summed E-state index contributed by atoms with van der Waals surface area (Å²) in [4.78, 5) is 4.45. The number of aryl methyl sites for hydroxylation is 1. The van der Waals surface area contributed by atoms with E-state index in [-0.39, 0.29) is 11.6 Å². The number of anilines is 1. The molecule has 3 aromatic rings. The van der Waals surface area contributed by atoms with Crippen LogP contribution in [0.4, 0.5) is 5.69 Å². The molecule has 1 aliphatic heterocycles. The second-order valence-electron chi connectivity index (χ2n) is 7.97. The molecule has 0 spiro atoms. The number of nitrogens with one attached hydrogen (secondary N) is 2. The highest BCUT2D eigenvalue weighted by molar-refractivity contribution is 7.80. The molecule has 6 heteroatoms. The molecule has 2 N–H and O–H groups in total. The van der Waals surface area contributed by atoms with Gasteiger partial charge in [0.1, 0.15) is 22.6 Å². The van der Waals surface area contributed by atoms with Crippen LogP contribution in [0.1, 0.15) is 37.4 Å². The minimum Gasteiger partial charge on any atom is -0.494 e. The normalized spacial score (nSPS) is 17.2. The van der Waals surface area contributed by atoms with Gasteiger partial charge in [-0.2, -0.15) is 0 Å². The third-order valence-corrected chi connectivity index (χ3v) is 5.35. The van der Waals surface area contributed by atoms with Crippen molar-refractivity contribution in [1.82, 2.24) is 10.3 Å². The van der Waals surface area contributed by atoms with Gasteiger partial charge in [-0.3, -0.25) is 4.98 Å². The Morgan fingerprint density at radius 1 is 1.24 bits per heavy atom. The quantitative estimate of drug-likeness (QED) is 0.586. The van der Waals surface area contributed by atoms with Crippen molar-refractivity contribution in [2.75, 3.05) is 12.4 Å². The fourth-order valence-corrected chi connectivity index (χ4v) is 4.08. The summed E-state index contributed by atoms with van der Waals surface area (Å²) in [6.45, 7) is 6.28. The molecule has 29 heavy (non-hydrogen) atoms. The molecule has 0 saturated carbocycles. The predicted molar refractivity (Wildman–Crippen MR) is 121 cm³/mol. The first kappa shape index (κ1) is 19.5. The second kappa shape index (κ2) is 7.52. The summed E-state index contributed by atoms with van der Waals surface area (Å²) in [5.74, 6) is 1.65. The summed E-state index contributed by atoms with van der Waals surface area (Å²) in [7, 11) is 1.65. The van der Waals surface area contributed by atoms with Crippen molar-refractivity contribution >= 4 is 33.9 Å². The first-order chi connectivity index (χ1) is 13.9. The number of fused-ring (bicyclic) bond motifs is 2. The van der Waals surface area contributed by atoms with E-state index in [0.717, 1.165) is 40.1 Å². The van der Waals surface area contributed by atoms with Gasteiger partial charge in [-0.1, -0.05) is 12.1 Å². The molecule has 0 radical (unpaired) electrons. The Bertz CT molecular complexity index is 1080. The number of hydrogen-bond donors (Lipinski definition) is 2. The van der Waals surface area contributed by atoms with Gasteiger partial charge in [0.05, 0.1) is 13.2 Å². The van der Waals surface area contributed by atoms with Gasteiger partial charge in [0.2, 0.25) is 0 Å². The van der Waals surface area contributed by atoms with Crippen LogP contribution >= 0.6 is 12.2 Å². The van der Waals surface area contributed by atoms with E-state index in [1.54, 1.807) is 13.3 Å². The summed E-state index contributed by atoms with van der Waals surface area (Å²) in [6.07, 6.45) is 2.57. The maximum absolute atomic E-state index is 6.19. The number of methoxy groups -OCH3 is 1. The maximum Gasteiger partial charge on any atom is 0.171 e. The van der Waals surface area contributed by atoms with Crippen LogP contribution in [0.15, 0.2) is 48.7 Å². The SMILES string of the molecule is COc1ccc(NC(=S)N[C@H]2CC(C)(C)Oc3cc(C)ccc32)c2cccnc12. The lowest BCUT2D eigenvalue weighted by Crippen LogP contribution is -2.42. The molecule has 4 rings (SSSR count). The molecule has 0 fully saturated rings. The Morgan fingerprint density at radius 3 is 2.86 bits per heavy atom. The van der Waals surface area contributed by atoms with Crippen molar-refractivity contribution in [3.63, 3.8) is 0 Å². The van der Waals surface area contributed by atoms with Gasteiger partial charge in [0.15, 0.2) is 5.11 Å². The number of ether oxygens (including phenoxy) is 2. The smallest absolute Gasteiger partial charge is 0.171 e. The van der Waals surface area contributed by atoms with Crippen molar-refractivity contribution in [3.05, 3.63) is 59.8 Å². The first-order valence-corrected chi connectivity index (χ1v) is 10.1. The molecule has 5 nitrogen and oxygen atoms in total. The third-order valence-electron chi connectivity index (χ3n) is 5.13. The lowest BCUT2D eigenvalue weighted by atomic mass is 9.89. The van der Waals surface area contributed by atoms with Crippen molar-refractivity contribution < 1.29 is 9.47 Å². The number of aromatic nitrogens is 1. The first-order valence-electron chi connectivity index (χ1n) is 9.65. The molecule has 0 aliphatic carbocycles. The zero-order chi connectivity index (χ0) is 20.6. The van der Waals surface area contributed by atoms with E-state index < -0.39 is 0 Å². The van der Waals surface area contributed by atoms with Crippen LogP contribution in [0.3, 0.4) is 0 Å². The highest BCUT2D eigenvalue weighted by Crippen LogP contribution is 2.40. The fraction of sp³-hybridized carbons (Fsp3) is 0.304. The molecular weight excluding hydrogens is 382 g/mol. The topological polar surface area (TPSA) is 55.4 Å². The second-order valence-corrected chi connectivity index (χ2v) is 8.38. The highest BCUT2D eigenvalue weighted by atomic mass is 32.1. The largest absolute Gasteiger partial charge is 0.494 e. The molecule has 1 atom stereocenters. The molecule has 0 unspecified atom stereocenters. The molecule has 0 bridgehead atoms. The summed E-state index contributed by atoms with van der Waals surface area (Å²) >= 11 is 5.66. The van der Waals surface area contributed by atoms with E-state index in [9.17, 15) is 0 Å². The van der Waals surface area contributed by atoms with Crippen molar-refractivity contribution in [2.45, 2.75) is 38.8 Å². The van der Waals surface area contributed by atoms with Crippen LogP contribution in [0.5, 0.6) is 11.5 Å². The number of benzene rings is 2. The minimum absolute atomic E-state index is 0.0667. The Balaban J connectivity index is 1.59. The van der Waals surface area contributed by atoms with Crippen LogP contribution in [0, 0.1) is 6.92 Å². The summed E-state index contributed by atoms with van der Waals surface area (Å²) in [5.41, 5.74) is 3.72. The van der Waals surface area contributed by atoms with Gasteiger partial charge in [0, 0.05) is 29.3 Å². The van der Waals surface area contributed by atoms with Crippen LogP contribution in [0.25, 0.3) is 10.9 Å². The van der Waals surface area contributed by atoms with Crippen molar-refractivity contribution in [1.29, 1.82) is 0 Å². The fourth-order valence-electron chi connectivity index (χ4n) is 3.82.